The SMILES string of the molecule is CC.CCCCCC(CC)(CC)P(=O)(O)O. The van der Waals surface area contributed by atoms with E-state index in [9.17, 15) is 14.4 Å². The van der Waals surface area contributed by atoms with E-state index in [1.165, 1.54) is 0 Å². The maximum atomic E-state index is 11.4. The first-order chi connectivity index (χ1) is 7.43. The highest BCUT2D eigenvalue weighted by atomic mass is 31.2. The Morgan fingerprint density at radius 2 is 1.44 bits per heavy atom. The molecule has 0 fully saturated rings. The van der Waals surface area contributed by atoms with E-state index in [1.54, 1.807) is 0 Å². The number of rotatable bonds is 7. The summed E-state index contributed by atoms with van der Waals surface area (Å²) in [6, 6.07) is 0. The van der Waals surface area contributed by atoms with Crippen LogP contribution >= 0.6 is 7.60 Å². The molecule has 0 aliphatic heterocycles. The average Bonchev–Trinajstić information content (AvgIpc) is 2.26. The lowest BCUT2D eigenvalue weighted by Gasteiger charge is -2.32. The van der Waals surface area contributed by atoms with Crippen LogP contribution in [0.4, 0.5) is 0 Å². The topological polar surface area (TPSA) is 57.5 Å². The van der Waals surface area contributed by atoms with Gasteiger partial charge in [0.2, 0.25) is 0 Å². The highest BCUT2D eigenvalue weighted by molar-refractivity contribution is 7.53. The van der Waals surface area contributed by atoms with E-state index < -0.39 is 12.8 Å². The van der Waals surface area contributed by atoms with E-state index in [-0.39, 0.29) is 0 Å². The van der Waals surface area contributed by atoms with Crippen LogP contribution in [-0.4, -0.2) is 14.9 Å². The van der Waals surface area contributed by atoms with E-state index in [0.29, 0.717) is 19.3 Å². The fourth-order valence-corrected chi connectivity index (χ4v) is 3.14. The smallest absolute Gasteiger partial charge is 0.324 e. The maximum Gasteiger partial charge on any atom is 0.331 e. The molecule has 0 spiro atoms. The number of unbranched alkanes of at least 4 members (excludes halogenated alkanes) is 2. The molecule has 4 heteroatoms. The Labute approximate surface area is 101 Å². The molecular formula is C12H29O3P. The third-order valence-corrected chi connectivity index (χ3v) is 5.27. The average molecular weight is 252 g/mol. The van der Waals surface area contributed by atoms with Crippen LogP contribution in [0.2, 0.25) is 0 Å². The van der Waals surface area contributed by atoms with Crippen molar-refractivity contribution < 1.29 is 14.4 Å². The van der Waals surface area contributed by atoms with Crippen molar-refractivity contribution >= 4 is 7.60 Å². The zero-order valence-electron chi connectivity index (χ0n) is 11.5. The molecule has 0 aromatic rings. The zero-order chi connectivity index (χ0) is 13.2. The van der Waals surface area contributed by atoms with Crippen LogP contribution in [0.5, 0.6) is 0 Å². The summed E-state index contributed by atoms with van der Waals surface area (Å²) in [4.78, 5) is 18.7. The minimum Gasteiger partial charge on any atom is -0.324 e. The predicted octanol–water partition coefficient (Wildman–Crippen LogP) is 4.33. The molecule has 0 aliphatic carbocycles. The van der Waals surface area contributed by atoms with Gasteiger partial charge in [0.25, 0.3) is 0 Å². The van der Waals surface area contributed by atoms with Crippen molar-refractivity contribution in [2.45, 2.75) is 78.3 Å². The van der Waals surface area contributed by atoms with Crippen LogP contribution < -0.4 is 0 Å². The summed E-state index contributed by atoms with van der Waals surface area (Å²) in [5.74, 6) is 0. The van der Waals surface area contributed by atoms with Gasteiger partial charge in [-0.2, -0.15) is 0 Å². The Kier molecular flexibility index (Phi) is 10.7. The van der Waals surface area contributed by atoms with Crippen molar-refractivity contribution in [3.8, 4) is 0 Å². The van der Waals surface area contributed by atoms with Gasteiger partial charge >= 0.3 is 7.60 Å². The third-order valence-electron chi connectivity index (χ3n) is 3.18. The fraction of sp³-hybridized carbons (Fsp3) is 1.00. The Bertz CT molecular complexity index is 194. The summed E-state index contributed by atoms with van der Waals surface area (Å²) >= 11 is 0. The Hall–Kier alpha value is 0.150. The van der Waals surface area contributed by atoms with Crippen LogP contribution in [0.25, 0.3) is 0 Å². The predicted molar refractivity (Wildman–Crippen MR) is 70.8 cm³/mol. The molecule has 0 atom stereocenters. The van der Waals surface area contributed by atoms with Crippen LogP contribution in [-0.2, 0) is 4.57 Å². The normalized spacial score (nSPS) is 11.9. The standard InChI is InChI=1S/C10H23O3P.C2H6/c1-4-7-8-9-10(5-2,6-3)14(11,12)13;1-2/h4-9H2,1-3H3,(H2,11,12,13);1-2H3. The van der Waals surface area contributed by atoms with Crippen molar-refractivity contribution in [1.82, 2.24) is 0 Å². The van der Waals surface area contributed by atoms with Crippen molar-refractivity contribution in [3.05, 3.63) is 0 Å². The van der Waals surface area contributed by atoms with E-state index in [2.05, 4.69) is 6.92 Å². The monoisotopic (exact) mass is 252 g/mol. The first kappa shape index (κ1) is 18.5. The lowest BCUT2D eigenvalue weighted by atomic mass is 9.95. The molecular weight excluding hydrogens is 223 g/mol. The Morgan fingerprint density at radius 3 is 1.69 bits per heavy atom. The lowest BCUT2D eigenvalue weighted by molar-refractivity contribution is 0.300. The lowest BCUT2D eigenvalue weighted by Crippen LogP contribution is -2.27. The first-order valence-corrected chi connectivity index (χ1v) is 8.10. The number of hydrogen-bond donors (Lipinski definition) is 2. The van der Waals surface area contributed by atoms with E-state index >= 15 is 0 Å². The molecule has 0 bridgehead atoms. The zero-order valence-corrected chi connectivity index (χ0v) is 12.4. The van der Waals surface area contributed by atoms with Gasteiger partial charge < -0.3 is 9.79 Å². The van der Waals surface area contributed by atoms with Crippen molar-refractivity contribution in [1.29, 1.82) is 0 Å². The molecule has 16 heavy (non-hydrogen) atoms. The van der Waals surface area contributed by atoms with Gasteiger partial charge in [-0.3, -0.25) is 4.57 Å². The second kappa shape index (κ2) is 9.21. The number of hydrogen-bond acceptors (Lipinski definition) is 1. The molecule has 0 radical (unpaired) electrons. The van der Waals surface area contributed by atoms with Gasteiger partial charge in [-0.15, -0.1) is 0 Å². The Morgan fingerprint density at radius 1 is 1.00 bits per heavy atom. The molecule has 0 unspecified atom stereocenters. The molecule has 100 valence electrons. The van der Waals surface area contributed by atoms with Crippen LogP contribution in [0.1, 0.15) is 73.1 Å². The summed E-state index contributed by atoms with van der Waals surface area (Å²) in [5.41, 5.74) is 0. The summed E-state index contributed by atoms with van der Waals surface area (Å²) in [7, 11) is -3.95. The quantitative estimate of drug-likeness (QED) is 0.523. The molecule has 0 aliphatic rings. The third kappa shape index (κ3) is 5.47. The minimum absolute atomic E-state index is 0.567. The summed E-state index contributed by atoms with van der Waals surface area (Å²) in [6.45, 7) is 9.83. The van der Waals surface area contributed by atoms with Gasteiger partial charge in [0.05, 0.1) is 5.16 Å². The van der Waals surface area contributed by atoms with E-state index in [4.69, 9.17) is 0 Å². The van der Waals surface area contributed by atoms with Crippen molar-refractivity contribution in [2.75, 3.05) is 0 Å². The van der Waals surface area contributed by atoms with Gasteiger partial charge in [0, 0.05) is 0 Å². The molecule has 0 saturated carbocycles. The Balaban J connectivity index is 0. The van der Waals surface area contributed by atoms with Gasteiger partial charge in [-0.05, 0) is 19.3 Å². The fourth-order valence-electron chi connectivity index (χ4n) is 1.87. The second-order valence-corrected chi connectivity index (χ2v) is 5.97. The molecule has 0 saturated heterocycles. The van der Waals surface area contributed by atoms with Gasteiger partial charge in [-0.1, -0.05) is 53.9 Å². The highest BCUT2D eigenvalue weighted by Crippen LogP contribution is 2.56. The molecule has 0 aromatic heterocycles. The summed E-state index contributed by atoms with van der Waals surface area (Å²) in [6.07, 6.45) is 4.85. The molecule has 3 nitrogen and oxygen atoms in total. The summed E-state index contributed by atoms with van der Waals surface area (Å²) < 4.78 is 11.4. The van der Waals surface area contributed by atoms with Gasteiger partial charge in [-0.25, -0.2) is 0 Å². The van der Waals surface area contributed by atoms with E-state index in [0.717, 1.165) is 19.3 Å². The van der Waals surface area contributed by atoms with Crippen LogP contribution in [0.15, 0.2) is 0 Å². The van der Waals surface area contributed by atoms with Crippen molar-refractivity contribution in [3.63, 3.8) is 0 Å². The minimum atomic E-state index is -3.95. The molecule has 2 N–H and O–H groups in total. The second-order valence-electron chi connectivity index (χ2n) is 3.93. The van der Waals surface area contributed by atoms with Gasteiger partial charge in [0.15, 0.2) is 0 Å². The summed E-state index contributed by atoms with van der Waals surface area (Å²) in [5, 5.41) is -0.762. The van der Waals surface area contributed by atoms with Gasteiger partial charge in [0.1, 0.15) is 0 Å². The molecule has 0 amide bonds. The maximum absolute atomic E-state index is 11.4. The molecule has 0 aromatic carbocycles. The largest absolute Gasteiger partial charge is 0.331 e. The van der Waals surface area contributed by atoms with Crippen molar-refractivity contribution in [2.24, 2.45) is 0 Å². The van der Waals surface area contributed by atoms with Crippen LogP contribution in [0.3, 0.4) is 0 Å². The van der Waals surface area contributed by atoms with Crippen LogP contribution in [0, 0.1) is 0 Å². The molecule has 0 rings (SSSR count). The molecule has 0 heterocycles. The first-order valence-electron chi connectivity index (χ1n) is 6.49. The highest BCUT2D eigenvalue weighted by Gasteiger charge is 2.42. The van der Waals surface area contributed by atoms with E-state index in [1.807, 2.05) is 27.7 Å².